The van der Waals surface area contributed by atoms with Crippen LogP contribution >= 0.6 is 0 Å². The number of esters is 1. The molecule has 5 nitrogen and oxygen atoms in total. The number of aromatic nitrogens is 1. The molecule has 0 spiro atoms. The molecule has 0 saturated carbocycles. The third-order valence-electron chi connectivity index (χ3n) is 3.03. The predicted octanol–water partition coefficient (Wildman–Crippen LogP) is 1.22. The normalized spacial score (nSPS) is 23.2. The maximum absolute atomic E-state index is 11.5. The van der Waals surface area contributed by atoms with Gasteiger partial charge >= 0.3 is 5.97 Å². The topological polar surface area (TPSA) is 62.7 Å². The second-order valence-electron chi connectivity index (χ2n) is 4.79. The van der Waals surface area contributed by atoms with Crippen molar-refractivity contribution in [2.24, 2.45) is 0 Å². The van der Waals surface area contributed by atoms with Crippen molar-refractivity contribution in [3.05, 3.63) is 23.9 Å². The quantitative estimate of drug-likeness (QED) is 0.817. The van der Waals surface area contributed by atoms with Crippen molar-refractivity contribution in [1.82, 2.24) is 4.98 Å². The smallest absolute Gasteiger partial charge is 0.339 e. The van der Waals surface area contributed by atoms with Crippen molar-refractivity contribution in [2.45, 2.75) is 25.9 Å². The Labute approximate surface area is 106 Å². The average Bonchev–Trinajstić information content (AvgIpc) is 2.70. The van der Waals surface area contributed by atoms with Gasteiger partial charge in [0, 0.05) is 19.3 Å². The number of pyridine rings is 1. The van der Waals surface area contributed by atoms with Gasteiger partial charge in [0.2, 0.25) is 0 Å². The first-order chi connectivity index (χ1) is 8.52. The Bertz CT molecular complexity index is 428. The van der Waals surface area contributed by atoms with Crippen LogP contribution in [0.1, 0.15) is 30.6 Å². The lowest BCUT2D eigenvalue weighted by atomic mass is 10.1. The maximum atomic E-state index is 11.5. The lowest BCUT2D eigenvalue weighted by molar-refractivity contribution is 0.0525. The van der Waals surface area contributed by atoms with Gasteiger partial charge in [-0.25, -0.2) is 9.78 Å². The summed E-state index contributed by atoms with van der Waals surface area (Å²) in [6.07, 6.45) is 2.24. The van der Waals surface area contributed by atoms with Gasteiger partial charge in [0.05, 0.1) is 17.8 Å². The summed E-state index contributed by atoms with van der Waals surface area (Å²) in [5.41, 5.74) is -0.201. The summed E-state index contributed by atoms with van der Waals surface area (Å²) in [4.78, 5) is 17.7. The molecule has 1 saturated heterocycles. The van der Waals surface area contributed by atoms with E-state index in [2.05, 4.69) is 4.98 Å². The monoisotopic (exact) mass is 250 g/mol. The molecule has 98 valence electrons. The van der Waals surface area contributed by atoms with E-state index in [0.29, 0.717) is 18.7 Å². The van der Waals surface area contributed by atoms with Gasteiger partial charge in [-0.3, -0.25) is 0 Å². The van der Waals surface area contributed by atoms with Gasteiger partial charge in [-0.1, -0.05) is 0 Å². The Morgan fingerprint density at radius 2 is 2.39 bits per heavy atom. The van der Waals surface area contributed by atoms with Crippen LogP contribution in [0.25, 0.3) is 0 Å². The summed E-state index contributed by atoms with van der Waals surface area (Å²) in [7, 11) is 0. The van der Waals surface area contributed by atoms with E-state index in [-0.39, 0.29) is 5.97 Å². The highest BCUT2D eigenvalue weighted by atomic mass is 16.5. The molecule has 0 aliphatic carbocycles. The highest BCUT2D eigenvalue weighted by molar-refractivity contribution is 5.89. The largest absolute Gasteiger partial charge is 0.462 e. The first-order valence-electron chi connectivity index (χ1n) is 6.12. The number of aliphatic hydroxyl groups is 1. The van der Waals surface area contributed by atoms with E-state index in [1.54, 1.807) is 19.1 Å². The molecule has 1 unspecified atom stereocenters. The van der Waals surface area contributed by atoms with E-state index in [9.17, 15) is 9.90 Å². The number of ether oxygens (including phenoxy) is 1. The van der Waals surface area contributed by atoms with Gasteiger partial charge < -0.3 is 14.7 Å². The summed E-state index contributed by atoms with van der Waals surface area (Å²) in [5.74, 6) is 0.422. The van der Waals surface area contributed by atoms with E-state index >= 15 is 0 Å². The van der Waals surface area contributed by atoms with Gasteiger partial charge in [-0.2, -0.15) is 0 Å². The molecule has 0 amide bonds. The molecular formula is C13H18N2O3. The molecule has 0 bridgehead atoms. The molecule has 1 aromatic rings. The zero-order valence-electron chi connectivity index (χ0n) is 10.7. The number of β-amino-alcohol motifs (C(OH)–C–C–N with tert-alkyl or cyclic N) is 1. The first kappa shape index (κ1) is 12.8. The molecular weight excluding hydrogens is 232 g/mol. The summed E-state index contributed by atoms with van der Waals surface area (Å²) < 4.78 is 4.89. The van der Waals surface area contributed by atoms with E-state index in [1.165, 1.54) is 6.20 Å². The molecule has 0 aromatic carbocycles. The Kier molecular flexibility index (Phi) is 3.52. The molecule has 1 atom stereocenters. The SMILES string of the molecule is CCOC(=O)c1ccc(N2CCC(C)(O)C2)nc1. The molecule has 2 rings (SSSR count). The van der Waals surface area contributed by atoms with Gasteiger partial charge in [-0.15, -0.1) is 0 Å². The zero-order valence-corrected chi connectivity index (χ0v) is 10.7. The summed E-state index contributed by atoms with van der Waals surface area (Å²) >= 11 is 0. The minimum Gasteiger partial charge on any atom is -0.462 e. The molecule has 1 aliphatic heterocycles. The van der Waals surface area contributed by atoms with Crippen LogP contribution in [0.4, 0.5) is 5.82 Å². The summed E-state index contributed by atoms with van der Waals surface area (Å²) in [5, 5.41) is 9.90. The van der Waals surface area contributed by atoms with Gasteiger partial charge in [0.1, 0.15) is 5.82 Å². The second kappa shape index (κ2) is 4.94. The van der Waals surface area contributed by atoms with Crippen molar-refractivity contribution in [1.29, 1.82) is 0 Å². The lowest BCUT2D eigenvalue weighted by Crippen LogP contribution is -2.30. The number of carbonyl (C=O) groups is 1. The Morgan fingerprint density at radius 1 is 1.61 bits per heavy atom. The highest BCUT2D eigenvalue weighted by Crippen LogP contribution is 2.24. The predicted molar refractivity (Wildman–Crippen MR) is 67.6 cm³/mol. The zero-order chi connectivity index (χ0) is 13.2. The fourth-order valence-electron chi connectivity index (χ4n) is 2.05. The number of rotatable bonds is 3. The van der Waals surface area contributed by atoms with Gasteiger partial charge in [0.25, 0.3) is 0 Å². The third kappa shape index (κ3) is 2.79. The first-order valence-corrected chi connectivity index (χ1v) is 6.12. The standard InChI is InChI=1S/C13H18N2O3/c1-3-18-12(16)10-4-5-11(14-8-10)15-7-6-13(2,17)9-15/h4-5,8,17H,3,6-7,9H2,1-2H3. The number of carbonyl (C=O) groups excluding carboxylic acids is 1. The molecule has 5 heteroatoms. The fraction of sp³-hybridized carbons (Fsp3) is 0.538. The molecule has 0 radical (unpaired) electrons. The molecule has 1 fully saturated rings. The number of anilines is 1. The number of hydrogen-bond donors (Lipinski definition) is 1. The van der Waals surface area contributed by atoms with E-state index in [1.807, 2.05) is 11.8 Å². The number of hydrogen-bond acceptors (Lipinski definition) is 5. The Hall–Kier alpha value is -1.62. The highest BCUT2D eigenvalue weighted by Gasteiger charge is 2.31. The maximum Gasteiger partial charge on any atom is 0.339 e. The Balaban J connectivity index is 2.06. The van der Waals surface area contributed by atoms with Crippen LogP contribution in [0.2, 0.25) is 0 Å². The third-order valence-corrected chi connectivity index (χ3v) is 3.03. The number of nitrogens with zero attached hydrogens (tertiary/aromatic N) is 2. The molecule has 1 aliphatic rings. The van der Waals surface area contributed by atoms with Crippen molar-refractivity contribution in [2.75, 3.05) is 24.6 Å². The van der Waals surface area contributed by atoms with Crippen LogP contribution in [-0.4, -0.2) is 41.4 Å². The molecule has 1 N–H and O–H groups in total. The summed E-state index contributed by atoms with van der Waals surface area (Å²) in [6, 6.07) is 3.49. The summed E-state index contributed by atoms with van der Waals surface area (Å²) in [6.45, 7) is 5.29. The van der Waals surface area contributed by atoms with Crippen LogP contribution in [0, 0.1) is 0 Å². The Morgan fingerprint density at radius 3 is 2.89 bits per heavy atom. The van der Waals surface area contributed by atoms with Crippen LogP contribution < -0.4 is 4.90 Å². The minimum absolute atomic E-state index is 0.357. The van der Waals surface area contributed by atoms with E-state index in [0.717, 1.165) is 18.8 Å². The van der Waals surface area contributed by atoms with Crippen molar-refractivity contribution < 1.29 is 14.6 Å². The van der Waals surface area contributed by atoms with Crippen LogP contribution in [0.5, 0.6) is 0 Å². The van der Waals surface area contributed by atoms with Crippen molar-refractivity contribution in [3.8, 4) is 0 Å². The fourth-order valence-corrected chi connectivity index (χ4v) is 2.05. The van der Waals surface area contributed by atoms with Crippen LogP contribution in [0.3, 0.4) is 0 Å². The van der Waals surface area contributed by atoms with Gasteiger partial charge in [0.15, 0.2) is 0 Å². The van der Waals surface area contributed by atoms with E-state index in [4.69, 9.17) is 4.74 Å². The minimum atomic E-state index is -0.651. The van der Waals surface area contributed by atoms with Crippen molar-refractivity contribution in [3.63, 3.8) is 0 Å². The van der Waals surface area contributed by atoms with Gasteiger partial charge in [-0.05, 0) is 32.4 Å². The molecule has 2 heterocycles. The van der Waals surface area contributed by atoms with E-state index < -0.39 is 5.60 Å². The average molecular weight is 250 g/mol. The second-order valence-corrected chi connectivity index (χ2v) is 4.79. The molecule has 18 heavy (non-hydrogen) atoms. The van der Waals surface area contributed by atoms with Crippen LogP contribution in [0.15, 0.2) is 18.3 Å². The van der Waals surface area contributed by atoms with Crippen LogP contribution in [-0.2, 0) is 4.74 Å². The lowest BCUT2D eigenvalue weighted by Gasteiger charge is -2.19. The molecule has 1 aromatic heterocycles. The van der Waals surface area contributed by atoms with Crippen molar-refractivity contribution >= 4 is 11.8 Å².